The van der Waals surface area contributed by atoms with Crippen molar-refractivity contribution in [2.24, 2.45) is 5.10 Å². The number of anilines is 5. The molecule has 0 atom stereocenters. The van der Waals surface area contributed by atoms with Crippen molar-refractivity contribution in [3.8, 4) is 5.75 Å². The molecule has 0 saturated carbocycles. The summed E-state index contributed by atoms with van der Waals surface area (Å²) in [6, 6.07) is 37.5. The van der Waals surface area contributed by atoms with Crippen molar-refractivity contribution in [3.05, 3.63) is 127 Å². The first-order chi connectivity index (χ1) is 20.3. The van der Waals surface area contributed by atoms with Crippen LogP contribution >= 0.6 is 0 Å². The number of nitrogens with one attached hydrogen (secondary N) is 3. The van der Waals surface area contributed by atoms with E-state index in [-0.39, 0.29) is 0 Å². The molecule has 0 unspecified atom stereocenters. The van der Waals surface area contributed by atoms with Crippen LogP contribution in [0.2, 0.25) is 0 Å². The fourth-order valence-electron chi connectivity index (χ4n) is 4.34. The number of rotatable bonds is 11. The van der Waals surface area contributed by atoms with Crippen molar-refractivity contribution in [1.82, 2.24) is 19.5 Å². The van der Waals surface area contributed by atoms with Crippen LogP contribution in [0, 0.1) is 0 Å². The molecule has 9 heteroatoms. The van der Waals surface area contributed by atoms with Gasteiger partial charge in [-0.05, 0) is 42.5 Å². The van der Waals surface area contributed by atoms with Crippen molar-refractivity contribution in [2.45, 2.75) is 6.54 Å². The van der Waals surface area contributed by atoms with E-state index in [2.05, 4.69) is 59.0 Å². The molecule has 0 aliphatic carbocycles. The van der Waals surface area contributed by atoms with E-state index in [1.807, 2.05) is 103 Å². The molecule has 202 valence electrons. The Morgan fingerprint density at radius 1 is 0.659 bits per heavy atom. The minimum absolute atomic E-state index is 0.299. The zero-order valence-electron chi connectivity index (χ0n) is 22.2. The Bertz CT molecular complexity index is 1680. The molecular weight excluding hydrogens is 512 g/mol. The average Bonchev–Trinajstić information content (AvgIpc) is 3.36. The maximum atomic E-state index is 5.91. The summed E-state index contributed by atoms with van der Waals surface area (Å²) in [6.45, 7) is 1.25. The zero-order chi connectivity index (χ0) is 27.7. The minimum atomic E-state index is 0.299. The quantitative estimate of drug-likeness (QED) is 0.122. The second kappa shape index (κ2) is 12.4. The lowest BCUT2D eigenvalue weighted by atomic mass is 10.2. The monoisotopic (exact) mass is 540 g/mol. The Morgan fingerprint density at radius 3 is 1.88 bits per heavy atom. The van der Waals surface area contributed by atoms with Gasteiger partial charge in [-0.2, -0.15) is 20.1 Å². The van der Waals surface area contributed by atoms with E-state index in [4.69, 9.17) is 4.74 Å². The highest BCUT2D eigenvalue weighted by atomic mass is 16.5. The molecule has 0 radical (unpaired) electrons. The van der Waals surface area contributed by atoms with Gasteiger partial charge in [-0.1, -0.05) is 72.8 Å². The molecule has 0 aliphatic heterocycles. The maximum Gasteiger partial charge on any atom is 0.250 e. The summed E-state index contributed by atoms with van der Waals surface area (Å²) in [7, 11) is 0. The standard InChI is InChI=1S/C32H28N8O/c1-4-12-25(13-5-1)34-30-36-31(35-26-14-6-2-7-15-26)38-32(37-30)39-33-22-24-23-40(29-19-11-10-18-28(24)29)20-21-41-27-16-8-3-9-17-27/h1-19,22-23H,20-21H2,(H3,34,35,36,37,38,39)/b33-22+. The number of benzene rings is 4. The number of nitrogens with zero attached hydrogens (tertiary/aromatic N) is 5. The van der Waals surface area contributed by atoms with Gasteiger partial charge >= 0.3 is 0 Å². The largest absolute Gasteiger partial charge is 0.492 e. The SMILES string of the molecule is C(=N\Nc1nc(Nc2ccccc2)nc(Nc2ccccc2)n1)/c1cn(CCOc2ccccc2)c2ccccc12. The third-order valence-electron chi connectivity index (χ3n) is 6.23. The number of hydrogen-bond acceptors (Lipinski definition) is 8. The van der Waals surface area contributed by atoms with Crippen molar-refractivity contribution >= 4 is 46.3 Å². The van der Waals surface area contributed by atoms with Gasteiger partial charge in [0, 0.05) is 34.0 Å². The first-order valence-electron chi connectivity index (χ1n) is 13.3. The molecule has 0 aliphatic rings. The van der Waals surface area contributed by atoms with Crippen LogP contribution in [0.3, 0.4) is 0 Å². The average molecular weight is 541 g/mol. The number of para-hydroxylation sites is 4. The van der Waals surface area contributed by atoms with E-state index in [0.29, 0.717) is 31.0 Å². The molecule has 0 fully saturated rings. The fourth-order valence-corrected chi connectivity index (χ4v) is 4.34. The molecule has 3 N–H and O–H groups in total. The van der Waals surface area contributed by atoms with Gasteiger partial charge in [0.05, 0.1) is 12.8 Å². The van der Waals surface area contributed by atoms with Gasteiger partial charge in [0.15, 0.2) is 0 Å². The predicted octanol–water partition coefficient (Wildman–Crippen LogP) is 6.84. The first kappa shape index (κ1) is 25.6. The van der Waals surface area contributed by atoms with E-state index < -0.39 is 0 Å². The lowest BCUT2D eigenvalue weighted by Gasteiger charge is -2.10. The van der Waals surface area contributed by atoms with Gasteiger partial charge in [0.1, 0.15) is 12.4 Å². The Hall–Kier alpha value is -5.70. The molecule has 0 bridgehead atoms. The molecule has 0 amide bonds. The molecule has 6 aromatic rings. The van der Waals surface area contributed by atoms with E-state index >= 15 is 0 Å². The summed E-state index contributed by atoms with van der Waals surface area (Å²) in [4.78, 5) is 13.6. The van der Waals surface area contributed by atoms with Crippen LogP contribution in [-0.2, 0) is 6.54 Å². The van der Waals surface area contributed by atoms with Crippen molar-refractivity contribution in [2.75, 3.05) is 22.7 Å². The molecule has 0 spiro atoms. The maximum absolute atomic E-state index is 5.91. The van der Waals surface area contributed by atoms with Gasteiger partial charge < -0.3 is 19.9 Å². The summed E-state index contributed by atoms with van der Waals surface area (Å²) in [6.07, 6.45) is 3.84. The summed E-state index contributed by atoms with van der Waals surface area (Å²) in [5.41, 5.74) is 6.78. The lowest BCUT2D eigenvalue weighted by Crippen LogP contribution is -2.07. The first-order valence-corrected chi connectivity index (χ1v) is 13.3. The molecule has 9 nitrogen and oxygen atoms in total. The van der Waals surface area contributed by atoms with Gasteiger partial charge in [0.25, 0.3) is 0 Å². The Labute approximate surface area is 237 Å². The Morgan fingerprint density at radius 2 is 1.22 bits per heavy atom. The second-order valence-electron chi connectivity index (χ2n) is 9.11. The highest BCUT2D eigenvalue weighted by molar-refractivity contribution is 5.99. The van der Waals surface area contributed by atoms with Crippen LogP contribution in [0.5, 0.6) is 5.75 Å². The van der Waals surface area contributed by atoms with Gasteiger partial charge in [-0.15, -0.1) is 0 Å². The van der Waals surface area contributed by atoms with E-state index in [1.54, 1.807) is 6.21 Å². The molecule has 4 aromatic carbocycles. The van der Waals surface area contributed by atoms with E-state index in [1.165, 1.54) is 0 Å². The molecule has 6 rings (SSSR count). The van der Waals surface area contributed by atoms with Crippen LogP contribution < -0.4 is 20.8 Å². The number of hydrogen-bond donors (Lipinski definition) is 3. The zero-order valence-corrected chi connectivity index (χ0v) is 22.2. The number of fused-ring (bicyclic) bond motifs is 1. The van der Waals surface area contributed by atoms with Gasteiger partial charge in [-0.25, -0.2) is 5.43 Å². The van der Waals surface area contributed by atoms with Crippen LogP contribution in [-0.4, -0.2) is 32.3 Å². The predicted molar refractivity (Wildman–Crippen MR) is 164 cm³/mol. The van der Waals surface area contributed by atoms with Crippen LogP contribution in [0.4, 0.5) is 29.2 Å². The number of aromatic nitrogens is 4. The Kier molecular flexibility index (Phi) is 7.76. The normalized spacial score (nSPS) is 11.0. The number of ether oxygens (including phenoxy) is 1. The fraction of sp³-hybridized carbons (Fsp3) is 0.0625. The lowest BCUT2D eigenvalue weighted by molar-refractivity contribution is 0.300. The number of hydrazone groups is 1. The molecule has 0 saturated heterocycles. The van der Waals surface area contributed by atoms with E-state index in [9.17, 15) is 0 Å². The van der Waals surface area contributed by atoms with Crippen LogP contribution in [0.15, 0.2) is 127 Å². The van der Waals surface area contributed by atoms with Crippen LogP contribution in [0.25, 0.3) is 10.9 Å². The second-order valence-corrected chi connectivity index (χ2v) is 9.11. The summed E-state index contributed by atoms with van der Waals surface area (Å²) in [5, 5.41) is 12.0. The molecule has 2 aromatic heterocycles. The third kappa shape index (κ3) is 6.66. The van der Waals surface area contributed by atoms with Crippen molar-refractivity contribution in [3.63, 3.8) is 0 Å². The third-order valence-corrected chi connectivity index (χ3v) is 6.23. The van der Waals surface area contributed by atoms with Crippen LogP contribution in [0.1, 0.15) is 5.56 Å². The molecule has 2 heterocycles. The van der Waals surface area contributed by atoms with Crippen molar-refractivity contribution < 1.29 is 4.74 Å². The highest BCUT2D eigenvalue weighted by Gasteiger charge is 2.09. The Balaban J connectivity index is 1.21. The molecular formula is C32H28N8O. The highest BCUT2D eigenvalue weighted by Crippen LogP contribution is 2.21. The molecule has 41 heavy (non-hydrogen) atoms. The summed E-state index contributed by atoms with van der Waals surface area (Å²) < 4.78 is 8.09. The minimum Gasteiger partial charge on any atom is -0.492 e. The van der Waals surface area contributed by atoms with Crippen molar-refractivity contribution in [1.29, 1.82) is 0 Å². The van der Waals surface area contributed by atoms with Gasteiger partial charge in [0.2, 0.25) is 17.8 Å². The smallest absolute Gasteiger partial charge is 0.250 e. The summed E-state index contributed by atoms with van der Waals surface area (Å²) >= 11 is 0. The topological polar surface area (TPSA) is 101 Å². The van der Waals surface area contributed by atoms with E-state index in [0.717, 1.165) is 33.6 Å². The van der Waals surface area contributed by atoms with Gasteiger partial charge in [-0.3, -0.25) is 0 Å². The summed E-state index contributed by atoms with van der Waals surface area (Å²) in [5.74, 6) is 1.93.